The molecule has 1 N–H and O–H groups in total. The Morgan fingerprint density at radius 1 is 1.50 bits per heavy atom. The molecule has 1 aliphatic carbocycles. The van der Waals surface area contributed by atoms with Gasteiger partial charge in [-0.1, -0.05) is 32.1 Å². The van der Waals surface area contributed by atoms with Crippen molar-refractivity contribution < 1.29 is 5.11 Å². The summed E-state index contributed by atoms with van der Waals surface area (Å²) in [7, 11) is 0. The van der Waals surface area contributed by atoms with Gasteiger partial charge in [0.2, 0.25) is 0 Å². The van der Waals surface area contributed by atoms with Crippen LogP contribution in [0.15, 0.2) is 23.8 Å². The van der Waals surface area contributed by atoms with Crippen LogP contribution in [-0.2, 0) is 0 Å². The van der Waals surface area contributed by atoms with Crippen molar-refractivity contribution >= 4 is 0 Å². The zero-order chi connectivity index (χ0) is 9.19. The van der Waals surface area contributed by atoms with Gasteiger partial charge in [0, 0.05) is 0 Å². The first kappa shape index (κ1) is 9.53. The Morgan fingerprint density at radius 3 is 2.58 bits per heavy atom. The lowest BCUT2D eigenvalue weighted by molar-refractivity contribution is 0.0469. The normalized spacial score (nSPS) is 22.2. The first-order valence-corrected chi connectivity index (χ1v) is 4.63. The molecule has 0 radical (unpaired) electrons. The predicted molar refractivity (Wildman–Crippen MR) is 51.9 cm³/mol. The van der Waals surface area contributed by atoms with E-state index >= 15 is 0 Å². The van der Waals surface area contributed by atoms with Crippen LogP contribution in [0.2, 0.25) is 0 Å². The standard InChI is InChI=1S/C11H18O/c1-9(2)11(3,12)10-7-5-4-6-8-10/h4-5,7,9,12H,6,8H2,1-3H3. The second kappa shape index (κ2) is 3.44. The monoisotopic (exact) mass is 166 g/mol. The van der Waals surface area contributed by atoms with Crippen molar-refractivity contribution in [3.8, 4) is 0 Å². The van der Waals surface area contributed by atoms with E-state index in [9.17, 15) is 5.11 Å². The van der Waals surface area contributed by atoms with Gasteiger partial charge < -0.3 is 5.11 Å². The highest BCUT2D eigenvalue weighted by Crippen LogP contribution is 2.30. The predicted octanol–water partition coefficient (Wildman–Crippen LogP) is 2.67. The molecule has 1 heteroatoms. The maximum atomic E-state index is 10.1. The molecule has 0 saturated carbocycles. The van der Waals surface area contributed by atoms with Crippen molar-refractivity contribution in [2.45, 2.75) is 39.2 Å². The molecular formula is C11H18O. The Kier molecular flexibility index (Phi) is 2.73. The van der Waals surface area contributed by atoms with Gasteiger partial charge in [-0.25, -0.2) is 0 Å². The van der Waals surface area contributed by atoms with Gasteiger partial charge in [0.05, 0.1) is 5.60 Å². The Balaban J connectivity index is 2.80. The van der Waals surface area contributed by atoms with Crippen LogP contribution >= 0.6 is 0 Å². The fourth-order valence-electron chi connectivity index (χ4n) is 1.40. The Labute approximate surface area is 74.8 Å². The first-order chi connectivity index (χ1) is 5.55. The molecule has 1 nitrogen and oxygen atoms in total. The smallest absolute Gasteiger partial charge is 0.0854 e. The van der Waals surface area contributed by atoms with Gasteiger partial charge in [-0.15, -0.1) is 0 Å². The topological polar surface area (TPSA) is 20.2 Å². The van der Waals surface area contributed by atoms with E-state index in [0.717, 1.165) is 12.8 Å². The molecule has 0 aromatic heterocycles. The van der Waals surface area contributed by atoms with E-state index in [0.29, 0.717) is 0 Å². The fourth-order valence-corrected chi connectivity index (χ4v) is 1.40. The van der Waals surface area contributed by atoms with E-state index in [1.165, 1.54) is 5.57 Å². The van der Waals surface area contributed by atoms with Gasteiger partial charge >= 0.3 is 0 Å². The summed E-state index contributed by atoms with van der Waals surface area (Å²) in [6.45, 7) is 6.01. The quantitative estimate of drug-likeness (QED) is 0.668. The van der Waals surface area contributed by atoms with Crippen LogP contribution in [0.25, 0.3) is 0 Å². The summed E-state index contributed by atoms with van der Waals surface area (Å²) in [6.07, 6.45) is 8.29. The average Bonchev–Trinajstić information content (AvgIpc) is 2.06. The first-order valence-electron chi connectivity index (χ1n) is 4.63. The molecule has 1 aliphatic rings. The van der Waals surface area contributed by atoms with E-state index in [1.54, 1.807) is 0 Å². The van der Waals surface area contributed by atoms with E-state index in [-0.39, 0.29) is 5.92 Å². The highest BCUT2D eigenvalue weighted by Gasteiger charge is 2.28. The summed E-state index contributed by atoms with van der Waals surface area (Å²) in [5.41, 5.74) is 0.546. The van der Waals surface area contributed by atoms with Gasteiger partial charge in [0.15, 0.2) is 0 Å². The van der Waals surface area contributed by atoms with Crippen molar-refractivity contribution in [3.63, 3.8) is 0 Å². The summed E-state index contributed by atoms with van der Waals surface area (Å²) in [6, 6.07) is 0. The van der Waals surface area contributed by atoms with Crippen LogP contribution in [0.3, 0.4) is 0 Å². The fraction of sp³-hybridized carbons (Fsp3) is 0.636. The largest absolute Gasteiger partial charge is 0.386 e. The number of allylic oxidation sites excluding steroid dienone is 3. The van der Waals surface area contributed by atoms with Gasteiger partial charge in [-0.05, 0) is 31.3 Å². The molecule has 0 aromatic carbocycles. The molecule has 68 valence electrons. The van der Waals surface area contributed by atoms with Gasteiger partial charge in [-0.3, -0.25) is 0 Å². The molecule has 0 heterocycles. The lowest BCUT2D eigenvalue weighted by Gasteiger charge is -2.31. The van der Waals surface area contributed by atoms with E-state index in [1.807, 2.05) is 19.1 Å². The molecule has 0 saturated heterocycles. The molecule has 1 atom stereocenters. The number of rotatable bonds is 2. The Hall–Kier alpha value is -0.560. The maximum Gasteiger partial charge on any atom is 0.0854 e. The van der Waals surface area contributed by atoms with E-state index < -0.39 is 5.60 Å². The highest BCUT2D eigenvalue weighted by molar-refractivity contribution is 5.25. The van der Waals surface area contributed by atoms with Gasteiger partial charge in [0.1, 0.15) is 0 Å². The summed E-state index contributed by atoms with van der Waals surface area (Å²) in [5, 5.41) is 10.1. The number of aliphatic hydroxyl groups is 1. The van der Waals surface area contributed by atoms with Crippen LogP contribution in [0.5, 0.6) is 0 Å². The van der Waals surface area contributed by atoms with E-state index in [4.69, 9.17) is 0 Å². The number of hydrogen-bond acceptors (Lipinski definition) is 1. The maximum absolute atomic E-state index is 10.1. The summed E-state index contributed by atoms with van der Waals surface area (Å²) in [4.78, 5) is 0. The third-order valence-corrected chi connectivity index (χ3v) is 2.79. The molecule has 1 unspecified atom stereocenters. The zero-order valence-electron chi connectivity index (χ0n) is 8.17. The molecule has 0 bridgehead atoms. The van der Waals surface area contributed by atoms with Crippen LogP contribution in [0.4, 0.5) is 0 Å². The zero-order valence-corrected chi connectivity index (χ0v) is 8.17. The minimum absolute atomic E-state index is 0.287. The molecule has 0 aromatic rings. The Morgan fingerprint density at radius 2 is 2.17 bits per heavy atom. The molecule has 1 rings (SSSR count). The SMILES string of the molecule is CC(C)C(C)(O)C1=CC=CCC1. The summed E-state index contributed by atoms with van der Waals surface area (Å²) in [5.74, 6) is 0.287. The van der Waals surface area contributed by atoms with Gasteiger partial charge in [-0.2, -0.15) is 0 Å². The van der Waals surface area contributed by atoms with E-state index in [2.05, 4.69) is 19.9 Å². The minimum Gasteiger partial charge on any atom is -0.386 e. The molecule has 0 spiro atoms. The molecule has 12 heavy (non-hydrogen) atoms. The number of hydrogen-bond donors (Lipinski definition) is 1. The minimum atomic E-state index is -0.620. The third-order valence-electron chi connectivity index (χ3n) is 2.79. The van der Waals surface area contributed by atoms with Crippen molar-refractivity contribution in [1.82, 2.24) is 0 Å². The van der Waals surface area contributed by atoms with Crippen molar-refractivity contribution in [3.05, 3.63) is 23.8 Å². The lowest BCUT2D eigenvalue weighted by atomic mass is 9.81. The van der Waals surface area contributed by atoms with Crippen molar-refractivity contribution in [2.75, 3.05) is 0 Å². The third kappa shape index (κ3) is 1.78. The molecule has 0 aliphatic heterocycles. The van der Waals surface area contributed by atoms with Crippen molar-refractivity contribution in [1.29, 1.82) is 0 Å². The second-order valence-electron chi connectivity index (χ2n) is 3.96. The van der Waals surface area contributed by atoms with Crippen LogP contribution < -0.4 is 0 Å². The second-order valence-corrected chi connectivity index (χ2v) is 3.96. The molecule has 0 amide bonds. The summed E-state index contributed by atoms with van der Waals surface area (Å²) >= 11 is 0. The Bertz CT molecular complexity index is 209. The summed E-state index contributed by atoms with van der Waals surface area (Å²) < 4.78 is 0. The lowest BCUT2D eigenvalue weighted by Crippen LogP contribution is -2.33. The van der Waals surface area contributed by atoms with Crippen LogP contribution in [-0.4, -0.2) is 10.7 Å². The highest BCUT2D eigenvalue weighted by atomic mass is 16.3. The van der Waals surface area contributed by atoms with Gasteiger partial charge in [0.25, 0.3) is 0 Å². The molecule has 0 fully saturated rings. The average molecular weight is 166 g/mol. The van der Waals surface area contributed by atoms with Crippen molar-refractivity contribution in [2.24, 2.45) is 5.92 Å². The molecular weight excluding hydrogens is 148 g/mol. The van der Waals surface area contributed by atoms with Crippen LogP contribution in [0.1, 0.15) is 33.6 Å². The van der Waals surface area contributed by atoms with Crippen LogP contribution in [0, 0.1) is 5.92 Å².